The van der Waals surface area contributed by atoms with Crippen LogP contribution >= 0.6 is 0 Å². The first-order chi connectivity index (χ1) is 5.20. The van der Waals surface area contributed by atoms with Crippen molar-refractivity contribution in [3.8, 4) is 0 Å². The van der Waals surface area contributed by atoms with Crippen LogP contribution in [0.2, 0.25) is 0 Å². The fraction of sp³-hybridized carbons (Fsp3) is 0.500. The van der Waals surface area contributed by atoms with Crippen LogP contribution in [-0.2, 0) is 14.4 Å². The van der Waals surface area contributed by atoms with Crippen LogP contribution in [-0.4, -0.2) is 55.1 Å². The van der Waals surface area contributed by atoms with Gasteiger partial charge in [0.15, 0.2) is 0 Å². The molecule has 0 radical (unpaired) electrons. The first-order valence-corrected chi connectivity index (χ1v) is 2.78. The van der Waals surface area contributed by atoms with Gasteiger partial charge in [0.2, 0.25) is 0 Å². The van der Waals surface area contributed by atoms with Crippen LogP contribution < -0.4 is 0 Å². The molecule has 0 rings (SSSR count). The molecule has 0 saturated heterocycles. The zero-order valence-corrected chi connectivity index (χ0v) is 11.0. The van der Waals surface area contributed by atoms with Crippen molar-refractivity contribution in [1.29, 1.82) is 0 Å². The van der Waals surface area contributed by atoms with E-state index in [1.165, 1.54) is 0 Å². The van der Waals surface area contributed by atoms with Crippen LogP contribution in [0.25, 0.3) is 0 Å². The summed E-state index contributed by atoms with van der Waals surface area (Å²) < 4.78 is 0. The first-order valence-electron chi connectivity index (χ1n) is 2.78. The van der Waals surface area contributed by atoms with Gasteiger partial charge in [-0.05, 0) is 0 Å². The van der Waals surface area contributed by atoms with E-state index in [1.54, 1.807) is 0 Å². The molecule has 17 heavy (non-hydrogen) atoms. The molecule has 0 amide bonds. The summed E-state index contributed by atoms with van der Waals surface area (Å²) in [6, 6.07) is 0. The third-order valence-electron chi connectivity index (χ3n) is 0. The van der Waals surface area contributed by atoms with E-state index < -0.39 is 17.9 Å². The fourth-order valence-electron chi connectivity index (χ4n) is 0. The molecule has 0 aliphatic carbocycles. The molecule has 10 nitrogen and oxygen atoms in total. The van der Waals surface area contributed by atoms with Crippen LogP contribution in [0.15, 0.2) is 0 Å². The molecule has 118 valence electrons. The first kappa shape index (κ1) is 54.2. The van der Waals surface area contributed by atoms with Gasteiger partial charge in [0, 0.05) is 67.7 Å². The minimum absolute atomic E-state index is 0. The van der Waals surface area contributed by atoms with Crippen molar-refractivity contribution in [2.45, 2.75) is 20.8 Å². The van der Waals surface area contributed by atoms with Crippen LogP contribution in [0.4, 0.5) is 0 Å². The maximum absolute atomic E-state index is 9.00. The van der Waals surface area contributed by atoms with Crippen LogP contribution in [0.5, 0.6) is 0 Å². The Kier molecular flexibility index (Phi) is 143. The van der Waals surface area contributed by atoms with E-state index in [4.69, 9.17) is 29.7 Å². The number of carboxylic acids is 3. The number of aliphatic carboxylic acids is 3. The van der Waals surface area contributed by atoms with Crippen LogP contribution in [0, 0.1) is 46.9 Å². The Labute approximate surface area is 136 Å². The molecule has 0 atom stereocenters. The zero-order chi connectivity index (χ0) is 10.7. The standard InChI is InChI=1S/3C2H4O2.4H2O.Yb/c3*1-2(3)4;;;;;/h3*1H3,(H,3,4);4*1H2;. The third kappa shape index (κ3) is 56300. The number of hydrogen-bond acceptors (Lipinski definition) is 3. The summed E-state index contributed by atoms with van der Waals surface area (Å²) in [5, 5.41) is 22.2. The molecule has 0 aliphatic rings. The van der Waals surface area contributed by atoms with Gasteiger partial charge >= 0.3 is 0 Å². The molecule has 0 aromatic heterocycles. The molecule has 0 fully saturated rings. The number of carbonyl (C=O) groups is 3. The van der Waals surface area contributed by atoms with Crippen molar-refractivity contribution >= 4 is 17.9 Å². The molecule has 0 heterocycles. The van der Waals surface area contributed by atoms with E-state index in [0.29, 0.717) is 0 Å². The van der Waals surface area contributed by atoms with Crippen LogP contribution in [0.3, 0.4) is 0 Å². The summed E-state index contributed by atoms with van der Waals surface area (Å²) in [7, 11) is 0. The van der Waals surface area contributed by atoms with E-state index in [1.807, 2.05) is 0 Å². The Morgan fingerprint density at radius 1 is 0.588 bits per heavy atom. The summed E-state index contributed by atoms with van der Waals surface area (Å²) in [6.07, 6.45) is 0. The average molecular weight is 425 g/mol. The van der Waals surface area contributed by atoms with Gasteiger partial charge in [-0.2, -0.15) is 0 Å². The van der Waals surface area contributed by atoms with Crippen molar-refractivity contribution in [2.75, 3.05) is 0 Å². The second-order valence-corrected chi connectivity index (χ2v) is 1.56. The average Bonchev–Trinajstić information content (AvgIpc) is 1.54. The molecule has 0 bridgehead atoms. The molecule has 11 heteroatoms. The summed E-state index contributed by atoms with van der Waals surface area (Å²) >= 11 is 0. The van der Waals surface area contributed by atoms with Gasteiger partial charge in [-0.15, -0.1) is 0 Å². The molecular weight excluding hydrogens is 405 g/mol. The second-order valence-electron chi connectivity index (χ2n) is 1.56. The molecule has 0 aliphatic heterocycles. The van der Waals surface area contributed by atoms with E-state index in [9.17, 15) is 0 Å². The Hall–Kier alpha value is -0.231. The fourth-order valence-corrected chi connectivity index (χ4v) is 0. The predicted octanol–water partition coefficient (Wildman–Crippen LogP) is -3.03. The van der Waals surface area contributed by atoms with E-state index in [0.717, 1.165) is 20.8 Å². The van der Waals surface area contributed by atoms with Gasteiger partial charge in [-0.25, -0.2) is 0 Å². The Balaban J connectivity index is -0.0000000104. The Bertz CT molecular complexity index is 118. The Morgan fingerprint density at radius 3 is 0.588 bits per heavy atom. The molecule has 0 unspecified atom stereocenters. The van der Waals surface area contributed by atoms with Gasteiger partial charge in [-0.1, -0.05) is 0 Å². The van der Waals surface area contributed by atoms with Crippen molar-refractivity contribution in [1.82, 2.24) is 0 Å². The van der Waals surface area contributed by atoms with E-state index in [-0.39, 0.29) is 68.8 Å². The predicted molar refractivity (Wildman–Crippen MR) is 54.4 cm³/mol. The van der Waals surface area contributed by atoms with Crippen molar-refractivity contribution in [2.24, 2.45) is 0 Å². The van der Waals surface area contributed by atoms with Crippen molar-refractivity contribution in [3.05, 3.63) is 0 Å². The summed E-state index contributed by atoms with van der Waals surface area (Å²) in [5.41, 5.74) is 0. The molecule has 0 saturated carbocycles. The minimum atomic E-state index is -0.833. The quantitative estimate of drug-likeness (QED) is 0.364. The van der Waals surface area contributed by atoms with Crippen molar-refractivity contribution < 1.29 is 98.5 Å². The monoisotopic (exact) mass is 426 g/mol. The largest absolute Gasteiger partial charge is 0.481 e. The maximum atomic E-state index is 9.00. The topological polar surface area (TPSA) is 238 Å². The summed E-state index contributed by atoms with van der Waals surface area (Å²) in [6.45, 7) is 3.25. The van der Waals surface area contributed by atoms with E-state index in [2.05, 4.69) is 0 Å². The number of carboxylic acid groups (broad SMARTS) is 3. The van der Waals surface area contributed by atoms with Crippen LogP contribution in [0.1, 0.15) is 20.8 Å². The van der Waals surface area contributed by atoms with Gasteiger partial charge < -0.3 is 37.2 Å². The Morgan fingerprint density at radius 2 is 0.588 bits per heavy atom. The second kappa shape index (κ2) is 44.7. The van der Waals surface area contributed by atoms with Gasteiger partial charge in [-0.3, -0.25) is 14.4 Å². The van der Waals surface area contributed by atoms with Gasteiger partial charge in [0.1, 0.15) is 0 Å². The third-order valence-corrected chi connectivity index (χ3v) is 0. The number of hydrogen-bond donors (Lipinski definition) is 3. The summed E-state index contributed by atoms with van der Waals surface area (Å²) in [4.78, 5) is 27.0. The SMILES string of the molecule is CC(=O)O.CC(=O)O.CC(=O)O.O.O.O.O.[Yb]. The van der Waals surface area contributed by atoms with Gasteiger partial charge in [0.25, 0.3) is 17.9 Å². The number of rotatable bonds is 0. The molecule has 11 N–H and O–H groups in total. The molecule has 0 spiro atoms. The smallest absolute Gasteiger partial charge is 0.300 e. The molecule has 0 aromatic rings. The summed E-state index contributed by atoms with van der Waals surface area (Å²) in [5.74, 6) is -2.50. The zero-order valence-electron chi connectivity index (χ0n) is 9.33. The van der Waals surface area contributed by atoms with Crippen molar-refractivity contribution in [3.63, 3.8) is 0 Å². The van der Waals surface area contributed by atoms with E-state index >= 15 is 0 Å². The molecular formula is C6H20O10Yb. The maximum Gasteiger partial charge on any atom is 0.300 e. The minimum Gasteiger partial charge on any atom is -0.481 e. The molecule has 0 aromatic carbocycles. The van der Waals surface area contributed by atoms with Gasteiger partial charge in [0.05, 0.1) is 0 Å². The normalized spacial score (nSPS) is 4.41.